The molecule has 2 heterocycles. The van der Waals surface area contributed by atoms with E-state index in [1.54, 1.807) is 23.7 Å². The van der Waals surface area contributed by atoms with Crippen LogP contribution >= 0.6 is 0 Å². The summed E-state index contributed by atoms with van der Waals surface area (Å²) in [4.78, 5) is 4.71. The number of H-pyrrole nitrogens is 1. The Morgan fingerprint density at radius 3 is 2.58 bits per heavy atom. The summed E-state index contributed by atoms with van der Waals surface area (Å²) in [5.41, 5.74) is 4.44. The van der Waals surface area contributed by atoms with E-state index in [-0.39, 0.29) is 12.1 Å². The van der Waals surface area contributed by atoms with E-state index < -0.39 is 12.2 Å². The highest BCUT2D eigenvalue weighted by molar-refractivity contribution is 5.84. The van der Waals surface area contributed by atoms with Crippen molar-refractivity contribution in [3.63, 3.8) is 0 Å². The molecule has 1 atom stereocenters. The monoisotopic (exact) mass is 454 g/mol. The number of aromatic nitrogens is 5. The molecule has 2 aromatic heterocycles. The predicted octanol–water partition coefficient (Wildman–Crippen LogP) is 5.04. The molecule has 5 rings (SSSR count). The maximum atomic E-state index is 13.4. The molecule has 2 aromatic carbocycles. The van der Waals surface area contributed by atoms with Crippen LogP contribution in [0.3, 0.4) is 0 Å². The molecule has 0 bridgehead atoms. The smallest absolute Gasteiger partial charge is 0.303 e. The highest BCUT2D eigenvalue weighted by Crippen LogP contribution is 2.45. The van der Waals surface area contributed by atoms with E-state index in [1.165, 1.54) is 36.1 Å². The molecular formula is C24H25F3N6. The van der Waals surface area contributed by atoms with Gasteiger partial charge >= 0.3 is 6.18 Å². The second-order valence-corrected chi connectivity index (χ2v) is 8.55. The van der Waals surface area contributed by atoms with Crippen LogP contribution in [0.15, 0.2) is 42.6 Å². The van der Waals surface area contributed by atoms with Gasteiger partial charge < -0.3 is 5.32 Å². The topological polar surface area (TPSA) is 71.4 Å². The number of alkyl halides is 3. The first-order valence-electron chi connectivity index (χ1n) is 11.1. The fraction of sp³-hybridized carbons (Fsp3) is 0.375. The Morgan fingerprint density at radius 1 is 1.15 bits per heavy atom. The average Bonchev–Trinajstić information content (AvgIpc) is 3.39. The highest BCUT2D eigenvalue weighted by Gasteiger charge is 2.40. The van der Waals surface area contributed by atoms with Crippen LogP contribution in [0.25, 0.3) is 22.3 Å². The molecule has 1 fully saturated rings. The van der Waals surface area contributed by atoms with Gasteiger partial charge in [0.1, 0.15) is 11.9 Å². The number of hydrogen-bond donors (Lipinski definition) is 2. The minimum Gasteiger partial charge on any atom is -0.303 e. The average molecular weight is 455 g/mol. The van der Waals surface area contributed by atoms with E-state index in [0.717, 1.165) is 16.7 Å². The van der Waals surface area contributed by atoms with Gasteiger partial charge in [0.2, 0.25) is 0 Å². The molecule has 9 heteroatoms. The molecule has 6 nitrogen and oxygen atoms in total. The van der Waals surface area contributed by atoms with Crippen molar-refractivity contribution in [1.82, 2.24) is 30.3 Å². The first-order chi connectivity index (χ1) is 15.8. The van der Waals surface area contributed by atoms with Crippen LogP contribution in [0.2, 0.25) is 0 Å². The SMILES string of the molecule is CCNC(c1ccc(-c2nc(Cc3ccc4[nH]ncc4c3C3CC3)n(C)n2)cc1)C(F)(F)F. The highest BCUT2D eigenvalue weighted by atomic mass is 19.4. The van der Waals surface area contributed by atoms with E-state index in [0.29, 0.717) is 23.7 Å². The van der Waals surface area contributed by atoms with Crippen LogP contribution in [0.4, 0.5) is 13.2 Å². The van der Waals surface area contributed by atoms with Gasteiger partial charge in [0.15, 0.2) is 5.82 Å². The zero-order valence-electron chi connectivity index (χ0n) is 18.4. The Hall–Kier alpha value is -3.20. The van der Waals surface area contributed by atoms with Gasteiger partial charge in [-0.3, -0.25) is 9.78 Å². The standard InChI is InChI=1S/C24H25F3N6/c1-3-28-22(24(25,26)27)15-6-8-16(9-7-15)23-30-20(33(2)32-23)12-17-10-11-19-18(13-29-31-19)21(17)14-4-5-14/h6-11,13-14,22,28H,3-5,12H2,1-2H3,(H,29,31). The molecule has 33 heavy (non-hydrogen) atoms. The summed E-state index contributed by atoms with van der Waals surface area (Å²) >= 11 is 0. The van der Waals surface area contributed by atoms with Crippen molar-refractivity contribution in [1.29, 1.82) is 0 Å². The van der Waals surface area contributed by atoms with Crippen LogP contribution in [0, 0.1) is 0 Å². The van der Waals surface area contributed by atoms with E-state index in [4.69, 9.17) is 4.98 Å². The molecular weight excluding hydrogens is 429 g/mol. The number of hydrogen-bond acceptors (Lipinski definition) is 4. The van der Waals surface area contributed by atoms with E-state index in [9.17, 15) is 13.2 Å². The van der Waals surface area contributed by atoms with Crippen LogP contribution in [0.1, 0.15) is 54.2 Å². The van der Waals surface area contributed by atoms with Crippen molar-refractivity contribution in [2.75, 3.05) is 6.54 Å². The molecule has 0 spiro atoms. The largest absolute Gasteiger partial charge is 0.407 e. The van der Waals surface area contributed by atoms with Crippen LogP contribution in [-0.4, -0.2) is 37.7 Å². The fourth-order valence-electron chi connectivity index (χ4n) is 4.41. The number of aryl methyl sites for hydroxylation is 1. The van der Waals surface area contributed by atoms with E-state index in [1.807, 2.05) is 19.3 Å². The minimum atomic E-state index is -4.36. The quantitative estimate of drug-likeness (QED) is 0.411. The van der Waals surface area contributed by atoms with Crippen molar-refractivity contribution in [3.05, 3.63) is 65.1 Å². The number of nitrogens with one attached hydrogen (secondary N) is 2. The lowest BCUT2D eigenvalue weighted by molar-refractivity contribution is -0.157. The fourth-order valence-corrected chi connectivity index (χ4v) is 4.41. The summed E-state index contributed by atoms with van der Waals surface area (Å²) < 4.78 is 41.8. The minimum absolute atomic E-state index is 0.173. The van der Waals surface area contributed by atoms with Crippen LogP contribution in [-0.2, 0) is 13.5 Å². The number of rotatable bonds is 7. The van der Waals surface area contributed by atoms with Crippen LogP contribution < -0.4 is 5.32 Å². The summed E-state index contributed by atoms with van der Waals surface area (Å²) in [6.45, 7) is 1.88. The maximum Gasteiger partial charge on any atom is 0.407 e. The van der Waals surface area contributed by atoms with Crippen molar-refractivity contribution in [2.45, 2.75) is 44.3 Å². The Labute approximate surface area is 189 Å². The van der Waals surface area contributed by atoms with Gasteiger partial charge in [-0.25, -0.2) is 4.98 Å². The second kappa shape index (κ2) is 8.30. The molecule has 1 unspecified atom stereocenters. The third kappa shape index (κ3) is 4.25. The molecule has 1 saturated carbocycles. The predicted molar refractivity (Wildman–Crippen MR) is 120 cm³/mol. The summed E-state index contributed by atoms with van der Waals surface area (Å²) in [6, 6.07) is 8.75. The Bertz CT molecular complexity index is 1270. The molecule has 1 aliphatic carbocycles. The van der Waals surface area contributed by atoms with Gasteiger partial charge in [0.25, 0.3) is 0 Å². The number of benzene rings is 2. The van der Waals surface area contributed by atoms with Crippen molar-refractivity contribution < 1.29 is 13.2 Å². The van der Waals surface area contributed by atoms with Crippen molar-refractivity contribution >= 4 is 10.9 Å². The normalized spacial score (nSPS) is 15.3. The van der Waals surface area contributed by atoms with Gasteiger partial charge in [-0.05, 0) is 48.1 Å². The number of aromatic amines is 1. The molecule has 0 amide bonds. The second-order valence-electron chi connectivity index (χ2n) is 8.55. The third-order valence-electron chi connectivity index (χ3n) is 6.18. The lowest BCUT2D eigenvalue weighted by Gasteiger charge is -2.21. The van der Waals surface area contributed by atoms with E-state index >= 15 is 0 Å². The van der Waals surface area contributed by atoms with Crippen molar-refractivity contribution in [2.24, 2.45) is 7.05 Å². The van der Waals surface area contributed by atoms with Gasteiger partial charge in [0.05, 0.1) is 11.7 Å². The Morgan fingerprint density at radius 2 is 1.91 bits per heavy atom. The lowest BCUT2D eigenvalue weighted by Crippen LogP contribution is -2.33. The van der Waals surface area contributed by atoms with Crippen molar-refractivity contribution in [3.8, 4) is 11.4 Å². The number of halogens is 3. The maximum absolute atomic E-state index is 13.4. The molecule has 0 radical (unpaired) electrons. The lowest BCUT2D eigenvalue weighted by atomic mass is 9.96. The first-order valence-corrected chi connectivity index (χ1v) is 11.1. The molecule has 1 aliphatic rings. The summed E-state index contributed by atoms with van der Waals surface area (Å²) in [5, 5.41) is 15.4. The first kappa shape index (κ1) is 21.6. The third-order valence-corrected chi connectivity index (χ3v) is 6.18. The van der Waals surface area contributed by atoms with Crippen LogP contribution in [0.5, 0.6) is 0 Å². The Balaban J connectivity index is 1.42. The summed E-state index contributed by atoms with van der Waals surface area (Å²) in [5.74, 6) is 1.86. The number of fused-ring (bicyclic) bond motifs is 1. The summed E-state index contributed by atoms with van der Waals surface area (Å²) in [7, 11) is 1.85. The van der Waals surface area contributed by atoms with Gasteiger partial charge in [0, 0.05) is 24.4 Å². The molecule has 2 N–H and O–H groups in total. The molecule has 172 valence electrons. The summed E-state index contributed by atoms with van der Waals surface area (Å²) in [6.07, 6.45) is 0.519. The van der Waals surface area contributed by atoms with Gasteiger partial charge in [-0.2, -0.15) is 23.4 Å². The number of nitrogens with zero attached hydrogens (tertiary/aromatic N) is 4. The molecule has 0 aliphatic heterocycles. The van der Waals surface area contributed by atoms with Gasteiger partial charge in [-0.1, -0.05) is 37.3 Å². The zero-order valence-corrected chi connectivity index (χ0v) is 18.4. The molecule has 4 aromatic rings. The zero-order chi connectivity index (χ0) is 23.2. The Kier molecular flexibility index (Phi) is 5.44. The van der Waals surface area contributed by atoms with E-state index in [2.05, 4.69) is 26.7 Å². The molecule has 0 saturated heterocycles. The van der Waals surface area contributed by atoms with Gasteiger partial charge in [-0.15, -0.1) is 0 Å².